The maximum atomic E-state index is 13.5. The topological polar surface area (TPSA) is 74.8 Å². The Hall–Kier alpha value is -1.37. The van der Waals surface area contributed by atoms with Crippen molar-refractivity contribution in [3.8, 4) is 0 Å². The van der Waals surface area contributed by atoms with Crippen LogP contribution in [0.15, 0.2) is 12.1 Å². The molecular weight excluding hydrogens is 320 g/mol. The molecule has 0 saturated heterocycles. The van der Waals surface area contributed by atoms with Gasteiger partial charge in [0.25, 0.3) is 5.91 Å². The van der Waals surface area contributed by atoms with Crippen LogP contribution in [0.4, 0.5) is 9.18 Å². The summed E-state index contributed by atoms with van der Waals surface area (Å²) >= 11 is 11.7. The van der Waals surface area contributed by atoms with Crippen molar-refractivity contribution in [2.75, 3.05) is 7.05 Å². The molecule has 0 spiro atoms. The summed E-state index contributed by atoms with van der Waals surface area (Å²) in [4.78, 5) is 22.8. The number of rotatable bonds is 4. The molecule has 0 heterocycles. The number of amides is 3. The highest BCUT2D eigenvalue weighted by atomic mass is 35.5. The highest BCUT2D eigenvalue weighted by Gasteiger charge is 2.23. The minimum atomic E-state index is -0.580. The van der Waals surface area contributed by atoms with Crippen molar-refractivity contribution in [2.24, 2.45) is 0 Å². The molecule has 4 N–H and O–H groups in total. The first kappa shape index (κ1) is 17.7. The van der Waals surface area contributed by atoms with E-state index in [-0.39, 0.29) is 11.1 Å². The molecule has 0 bridgehead atoms. The molecule has 21 heavy (non-hydrogen) atoms. The fraction of sp³-hybridized carbons (Fsp3) is 0.385. The van der Waals surface area contributed by atoms with Crippen LogP contribution in [0.3, 0.4) is 0 Å². The molecule has 8 heteroatoms. The van der Waals surface area contributed by atoms with Gasteiger partial charge in [0.05, 0.1) is 10.0 Å². The molecule has 0 radical (unpaired) electrons. The van der Waals surface area contributed by atoms with Crippen LogP contribution in [0.25, 0.3) is 0 Å². The van der Waals surface area contributed by atoms with E-state index < -0.39 is 23.8 Å². The highest BCUT2D eigenvalue weighted by molar-refractivity contribution is 6.35. The number of carbonyl (C=O) groups excluding carboxylic acids is 2. The fourth-order valence-electron chi connectivity index (χ4n) is 1.80. The second-order valence-corrected chi connectivity index (χ2v) is 5.44. The van der Waals surface area contributed by atoms with E-state index in [1.807, 2.05) is 0 Å². The van der Waals surface area contributed by atoms with E-state index >= 15 is 0 Å². The quantitative estimate of drug-likeness (QED) is 0.730. The van der Waals surface area contributed by atoms with Crippen LogP contribution in [0.1, 0.15) is 25.5 Å². The van der Waals surface area contributed by atoms with E-state index in [0.29, 0.717) is 10.6 Å². The van der Waals surface area contributed by atoms with Crippen LogP contribution in [0, 0.1) is 5.82 Å². The Bertz CT molecular complexity index is 554. The molecule has 116 valence electrons. The lowest BCUT2D eigenvalue weighted by Crippen LogP contribution is -2.92. The van der Waals surface area contributed by atoms with Crippen molar-refractivity contribution in [2.45, 2.75) is 25.9 Å². The van der Waals surface area contributed by atoms with Gasteiger partial charge < -0.3 is 10.6 Å². The number of imide groups is 1. The highest BCUT2D eigenvalue weighted by Crippen LogP contribution is 2.27. The first-order chi connectivity index (χ1) is 9.76. The van der Waals surface area contributed by atoms with Crippen molar-refractivity contribution < 1.29 is 19.3 Å². The Morgan fingerprint density at radius 1 is 1.24 bits per heavy atom. The lowest BCUT2D eigenvalue weighted by Gasteiger charge is -2.17. The van der Waals surface area contributed by atoms with Crippen molar-refractivity contribution in [3.05, 3.63) is 33.6 Å². The Balaban J connectivity index is 2.77. The summed E-state index contributed by atoms with van der Waals surface area (Å²) in [5, 5.41) is 6.40. The maximum Gasteiger partial charge on any atom is 0.321 e. The average Bonchev–Trinajstić information content (AvgIpc) is 2.42. The molecule has 3 amide bonds. The van der Waals surface area contributed by atoms with Gasteiger partial charge in [0, 0.05) is 12.6 Å². The second-order valence-electron chi connectivity index (χ2n) is 4.63. The molecular formula is C13H17Cl2FN3O2+. The third-order valence-electron chi connectivity index (χ3n) is 2.98. The third kappa shape index (κ3) is 4.84. The molecule has 0 aromatic heterocycles. The normalized spacial score (nSPS) is 13.4. The number of carbonyl (C=O) groups is 2. The lowest BCUT2D eigenvalue weighted by molar-refractivity contribution is -0.710. The van der Waals surface area contributed by atoms with Gasteiger partial charge in [-0.25, -0.2) is 9.18 Å². The predicted octanol–water partition coefficient (Wildman–Crippen LogP) is 1.60. The molecule has 5 nitrogen and oxygen atoms in total. The summed E-state index contributed by atoms with van der Waals surface area (Å²) in [5.74, 6) is -1.02. The van der Waals surface area contributed by atoms with Crippen molar-refractivity contribution >= 4 is 35.1 Å². The van der Waals surface area contributed by atoms with E-state index in [1.54, 1.807) is 19.2 Å². The number of hydrogen-bond acceptors (Lipinski definition) is 2. The zero-order chi connectivity index (χ0) is 16.2. The predicted molar refractivity (Wildman–Crippen MR) is 78.8 cm³/mol. The summed E-state index contributed by atoms with van der Waals surface area (Å²) in [6.07, 6.45) is 0. The van der Waals surface area contributed by atoms with E-state index in [4.69, 9.17) is 23.2 Å². The minimum Gasteiger partial charge on any atom is -0.341 e. The van der Waals surface area contributed by atoms with Gasteiger partial charge in [-0.3, -0.25) is 10.1 Å². The Morgan fingerprint density at radius 2 is 1.86 bits per heavy atom. The average molecular weight is 337 g/mol. The molecule has 0 saturated carbocycles. The molecule has 0 unspecified atom stereocenters. The number of benzene rings is 1. The van der Waals surface area contributed by atoms with E-state index in [9.17, 15) is 14.0 Å². The zero-order valence-electron chi connectivity index (χ0n) is 11.8. The molecule has 0 aliphatic rings. The fourth-order valence-corrected chi connectivity index (χ4v) is 2.35. The first-order valence-electron chi connectivity index (χ1n) is 6.28. The Morgan fingerprint density at radius 3 is 2.43 bits per heavy atom. The third-order valence-corrected chi connectivity index (χ3v) is 3.60. The summed E-state index contributed by atoms with van der Waals surface area (Å²) < 4.78 is 13.5. The maximum absolute atomic E-state index is 13.5. The molecule has 0 fully saturated rings. The van der Waals surface area contributed by atoms with Crippen LogP contribution in [-0.2, 0) is 4.79 Å². The van der Waals surface area contributed by atoms with Crippen LogP contribution in [0.5, 0.6) is 0 Å². The summed E-state index contributed by atoms with van der Waals surface area (Å²) in [6, 6.07) is 1.16. The van der Waals surface area contributed by atoms with Gasteiger partial charge in [-0.15, -0.1) is 0 Å². The molecule has 2 atom stereocenters. The summed E-state index contributed by atoms with van der Waals surface area (Å²) in [6.45, 7) is 3.41. The number of nitrogens with one attached hydrogen (secondary N) is 2. The number of urea groups is 1. The van der Waals surface area contributed by atoms with Crippen LogP contribution in [0.2, 0.25) is 10.0 Å². The van der Waals surface area contributed by atoms with E-state index in [1.165, 1.54) is 19.2 Å². The number of quaternary nitrogens is 1. The van der Waals surface area contributed by atoms with Crippen molar-refractivity contribution in [1.82, 2.24) is 10.6 Å². The van der Waals surface area contributed by atoms with Gasteiger partial charge >= 0.3 is 6.03 Å². The number of nitrogens with two attached hydrogens (primary N) is 1. The lowest BCUT2D eigenvalue weighted by atomic mass is 10.1. The van der Waals surface area contributed by atoms with Gasteiger partial charge in [0.15, 0.2) is 6.04 Å². The Kier molecular flexibility index (Phi) is 6.39. The zero-order valence-corrected chi connectivity index (χ0v) is 13.3. The van der Waals surface area contributed by atoms with Crippen molar-refractivity contribution in [1.29, 1.82) is 0 Å². The summed E-state index contributed by atoms with van der Waals surface area (Å²) in [7, 11) is 1.41. The number of hydrogen-bond donors (Lipinski definition) is 3. The standard InChI is InChI=1S/C13H16Cl2FN3O2/c1-6(8-4-11(16)10(15)5-9(8)14)18-7(2)12(20)19-13(21)17-3/h4-7,18H,1-3H3,(H2,17,19,20,21)/p+1/t6-,7-/m1/s1. The SMILES string of the molecule is CNC(=O)NC(=O)[C@@H](C)[NH2+][C@H](C)c1cc(F)c(Cl)cc1Cl. The second kappa shape index (κ2) is 7.59. The monoisotopic (exact) mass is 336 g/mol. The van der Waals surface area contributed by atoms with Gasteiger partial charge in [0.1, 0.15) is 11.9 Å². The van der Waals surface area contributed by atoms with Crippen LogP contribution >= 0.6 is 23.2 Å². The molecule has 0 aliphatic carbocycles. The van der Waals surface area contributed by atoms with E-state index in [0.717, 1.165) is 0 Å². The van der Waals surface area contributed by atoms with E-state index in [2.05, 4.69) is 10.6 Å². The molecule has 1 rings (SSSR count). The minimum absolute atomic E-state index is 0.0543. The molecule has 1 aromatic rings. The smallest absolute Gasteiger partial charge is 0.321 e. The van der Waals surface area contributed by atoms with Crippen LogP contribution < -0.4 is 16.0 Å². The van der Waals surface area contributed by atoms with Gasteiger partial charge in [-0.2, -0.15) is 0 Å². The van der Waals surface area contributed by atoms with Crippen LogP contribution in [-0.4, -0.2) is 25.0 Å². The Labute approximate surface area is 132 Å². The van der Waals surface area contributed by atoms with Gasteiger partial charge in [-0.05, 0) is 26.0 Å². The first-order valence-corrected chi connectivity index (χ1v) is 7.03. The largest absolute Gasteiger partial charge is 0.341 e. The molecule has 0 aliphatic heterocycles. The summed E-state index contributed by atoms with van der Waals surface area (Å²) in [5.41, 5.74) is 0.526. The van der Waals surface area contributed by atoms with Crippen molar-refractivity contribution in [3.63, 3.8) is 0 Å². The van der Waals surface area contributed by atoms with Gasteiger partial charge in [0.2, 0.25) is 0 Å². The number of halogens is 3. The van der Waals surface area contributed by atoms with Gasteiger partial charge in [-0.1, -0.05) is 23.2 Å². The molecule has 1 aromatic carbocycles.